The van der Waals surface area contributed by atoms with Crippen molar-refractivity contribution >= 4 is 17.5 Å². The highest BCUT2D eigenvalue weighted by molar-refractivity contribution is 6.09. The predicted molar refractivity (Wildman–Crippen MR) is 116 cm³/mol. The van der Waals surface area contributed by atoms with Crippen LogP contribution in [0.25, 0.3) is 0 Å². The molecule has 0 heterocycles. The van der Waals surface area contributed by atoms with Gasteiger partial charge in [0.15, 0.2) is 0 Å². The molecule has 0 spiro atoms. The van der Waals surface area contributed by atoms with E-state index in [0.717, 1.165) is 0 Å². The molecule has 0 saturated carbocycles. The van der Waals surface area contributed by atoms with Gasteiger partial charge < -0.3 is 20.5 Å². The topological polar surface area (TPSA) is 87.7 Å². The van der Waals surface area contributed by atoms with Gasteiger partial charge in [0, 0.05) is 6.54 Å². The molecule has 0 bridgehead atoms. The number of aliphatic hydroxyl groups is 1. The number of aryl methyl sites for hydroxylation is 1. The van der Waals surface area contributed by atoms with Gasteiger partial charge in [0.05, 0.1) is 30.0 Å². The van der Waals surface area contributed by atoms with Crippen LogP contribution in [0, 0.1) is 12.7 Å². The Balaban J connectivity index is 1.75. The molecule has 31 heavy (non-hydrogen) atoms. The van der Waals surface area contributed by atoms with E-state index in [0.29, 0.717) is 16.9 Å². The van der Waals surface area contributed by atoms with Crippen LogP contribution in [0.4, 0.5) is 10.1 Å². The van der Waals surface area contributed by atoms with Crippen LogP contribution in [0.1, 0.15) is 37.9 Å². The molecule has 3 rings (SSSR count). The minimum Gasteiger partial charge on any atom is -0.497 e. The third kappa shape index (κ3) is 5.26. The number of ether oxygens (including phenoxy) is 1. The van der Waals surface area contributed by atoms with Gasteiger partial charge in [-0.1, -0.05) is 36.4 Å². The van der Waals surface area contributed by atoms with Crippen LogP contribution in [0.2, 0.25) is 0 Å². The van der Waals surface area contributed by atoms with Gasteiger partial charge in [0.1, 0.15) is 11.6 Å². The maximum atomic E-state index is 14.0. The summed E-state index contributed by atoms with van der Waals surface area (Å²) in [4.78, 5) is 25.3. The van der Waals surface area contributed by atoms with Crippen molar-refractivity contribution in [3.8, 4) is 5.75 Å². The Labute approximate surface area is 179 Å². The molecule has 0 saturated heterocycles. The fourth-order valence-electron chi connectivity index (χ4n) is 3.10. The van der Waals surface area contributed by atoms with Crippen molar-refractivity contribution in [1.82, 2.24) is 5.32 Å². The summed E-state index contributed by atoms with van der Waals surface area (Å²) in [5.41, 5.74) is 1.61. The molecule has 0 aliphatic rings. The van der Waals surface area contributed by atoms with Crippen molar-refractivity contribution in [3.05, 3.63) is 94.8 Å². The summed E-state index contributed by atoms with van der Waals surface area (Å²) in [5.74, 6) is -1.19. The number of methoxy groups -OCH3 is 1. The van der Waals surface area contributed by atoms with Gasteiger partial charge in [-0.15, -0.1) is 0 Å². The average molecular weight is 422 g/mol. The second-order valence-electron chi connectivity index (χ2n) is 6.93. The predicted octanol–water partition coefficient (Wildman–Crippen LogP) is 3.86. The van der Waals surface area contributed by atoms with E-state index < -0.39 is 23.7 Å². The minimum atomic E-state index is -0.944. The molecule has 3 N–H and O–H groups in total. The summed E-state index contributed by atoms with van der Waals surface area (Å²) >= 11 is 0. The SMILES string of the molecule is COc1cccc(C(O)CNC(=O)c2cccc(C)c2NC(=O)c2ccccc2F)c1. The molecule has 0 aromatic heterocycles. The fourth-order valence-corrected chi connectivity index (χ4v) is 3.10. The number of carbonyl (C=O) groups excluding carboxylic acids is 2. The molecular weight excluding hydrogens is 399 g/mol. The van der Waals surface area contributed by atoms with Crippen molar-refractivity contribution in [1.29, 1.82) is 0 Å². The first-order valence-electron chi connectivity index (χ1n) is 9.66. The van der Waals surface area contributed by atoms with Crippen LogP contribution in [0.3, 0.4) is 0 Å². The number of anilines is 1. The zero-order chi connectivity index (χ0) is 22.4. The van der Waals surface area contributed by atoms with Gasteiger partial charge in [-0.25, -0.2) is 4.39 Å². The normalized spacial score (nSPS) is 11.5. The first kappa shape index (κ1) is 22.0. The Morgan fingerprint density at radius 2 is 1.71 bits per heavy atom. The first-order chi connectivity index (χ1) is 14.9. The maximum Gasteiger partial charge on any atom is 0.258 e. The number of hydrogen-bond donors (Lipinski definition) is 3. The Kier molecular flexibility index (Phi) is 6.99. The Bertz CT molecular complexity index is 1100. The van der Waals surface area contributed by atoms with Crippen LogP contribution < -0.4 is 15.4 Å². The van der Waals surface area contributed by atoms with E-state index in [-0.39, 0.29) is 23.4 Å². The van der Waals surface area contributed by atoms with Crippen LogP contribution in [0.5, 0.6) is 5.75 Å². The number of para-hydroxylation sites is 1. The van der Waals surface area contributed by atoms with E-state index in [1.165, 1.54) is 25.3 Å². The third-order valence-corrected chi connectivity index (χ3v) is 4.81. The van der Waals surface area contributed by atoms with E-state index in [1.807, 2.05) is 0 Å². The number of carbonyl (C=O) groups is 2. The molecular formula is C24H23FN2O4. The molecule has 6 nitrogen and oxygen atoms in total. The Morgan fingerprint density at radius 1 is 1.00 bits per heavy atom. The molecule has 0 fully saturated rings. The molecule has 1 unspecified atom stereocenters. The maximum absolute atomic E-state index is 14.0. The summed E-state index contributed by atoms with van der Waals surface area (Å²) < 4.78 is 19.1. The zero-order valence-corrected chi connectivity index (χ0v) is 17.2. The van der Waals surface area contributed by atoms with Gasteiger partial charge in [-0.05, 0) is 48.4 Å². The number of benzene rings is 3. The number of hydrogen-bond acceptors (Lipinski definition) is 4. The molecule has 0 radical (unpaired) electrons. The van der Waals surface area contributed by atoms with Gasteiger partial charge in [-0.3, -0.25) is 9.59 Å². The van der Waals surface area contributed by atoms with Crippen molar-refractivity contribution in [2.75, 3.05) is 19.0 Å². The van der Waals surface area contributed by atoms with Crippen molar-refractivity contribution in [3.63, 3.8) is 0 Å². The second-order valence-corrected chi connectivity index (χ2v) is 6.93. The number of aliphatic hydroxyl groups excluding tert-OH is 1. The van der Waals surface area contributed by atoms with Crippen molar-refractivity contribution in [2.45, 2.75) is 13.0 Å². The van der Waals surface area contributed by atoms with Crippen molar-refractivity contribution in [2.24, 2.45) is 0 Å². The van der Waals surface area contributed by atoms with Gasteiger partial charge >= 0.3 is 0 Å². The molecule has 2 amide bonds. The highest BCUT2D eigenvalue weighted by Gasteiger charge is 2.19. The van der Waals surface area contributed by atoms with E-state index in [1.54, 1.807) is 55.5 Å². The lowest BCUT2D eigenvalue weighted by molar-refractivity contribution is 0.0917. The summed E-state index contributed by atoms with van der Waals surface area (Å²) in [5, 5.41) is 15.7. The van der Waals surface area contributed by atoms with Crippen LogP contribution in [-0.2, 0) is 0 Å². The smallest absolute Gasteiger partial charge is 0.258 e. The number of rotatable bonds is 7. The fraction of sp³-hybridized carbons (Fsp3) is 0.167. The van der Waals surface area contributed by atoms with E-state index in [4.69, 9.17) is 4.74 Å². The lowest BCUT2D eigenvalue weighted by Crippen LogP contribution is -2.29. The molecule has 1 atom stereocenters. The van der Waals surface area contributed by atoms with Crippen LogP contribution in [0.15, 0.2) is 66.7 Å². The summed E-state index contributed by atoms with van der Waals surface area (Å²) in [6.07, 6.45) is -0.944. The molecule has 7 heteroatoms. The van der Waals surface area contributed by atoms with E-state index in [2.05, 4.69) is 10.6 Å². The van der Waals surface area contributed by atoms with Gasteiger partial charge in [-0.2, -0.15) is 0 Å². The third-order valence-electron chi connectivity index (χ3n) is 4.81. The minimum absolute atomic E-state index is 0.0410. The van der Waals surface area contributed by atoms with E-state index in [9.17, 15) is 19.1 Å². The number of nitrogens with one attached hydrogen (secondary N) is 2. The van der Waals surface area contributed by atoms with Crippen molar-refractivity contribution < 1.29 is 23.8 Å². The van der Waals surface area contributed by atoms with Gasteiger partial charge in [0.2, 0.25) is 0 Å². The molecule has 0 aliphatic heterocycles. The molecule has 0 aliphatic carbocycles. The Morgan fingerprint density at radius 3 is 2.45 bits per heavy atom. The molecule has 3 aromatic carbocycles. The monoisotopic (exact) mass is 422 g/mol. The lowest BCUT2D eigenvalue weighted by Gasteiger charge is -2.16. The number of halogens is 1. The first-order valence-corrected chi connectivity index (χ1v) is 9.66. The summed E-state index contributed by atoms with van der Waals surface area (Å²) in [6.45, 7) is 1.69. The lowest BCUT2D eigenvalue weighted by atomic mass is 10.1. The second kappa shape index (κ2) is 9.86. The highest BCUT2D eigenvalue weighted by Crippen LogP contribution is 2.23. The standard InChI is InChI=1S/C24H23FN2O4/c1-15-7-5-11-19(22(15)27-24(30)18-10-3-4-12-20(18)25)23(29)26-14-21(28)16-8-6-9-17(13-16)31-2/h3-13,21,28H,14H2,1-2H3,(H,26,29)(H,27,30). The van der Waals surface area contributed by atoms with Gasteiger partial charge in [0.25, 0.3) is 11.8 Å². The average Bonchev–Trinajstić information content (AvgIpc) is 2.78. The zero-order valence-electron chi connectivity index (χ0n) is 17.2. The van der Waals surface area contributed by atoms with E-state index >= 15 is 0 Å². The molecule has 3 aromatic rings. The summed E-state index contributed by atoms with van der Waals surface area (Å²) in [7, 11) is 1.53. The molecule has 160 valence electrons. The quantitative estimate of drug-likeness (QED) is 0.540. The largest absolute Gasteiger partial charge is 0.497 e. The van der Waals surface area contributed by atoms with Crippen LogP contribution >= 0.6 is 0 Å². The Hall–Kier alpha value is -3.71. The summed E-state index contributed by atoms with van der Waals surface area (Å²) in [6, 6.07) is 17.5. The van der Waals surface area contributed by atoms with Crippen LogP contribution in [-0.4, -0.2) is 30.6 Å². The number of amides is 2. The highest BCUT2D eigenvalue weighted by atomic mass is 19.1.